The van der Waals surface area contributed by atoms with Crippen LogP contribution in [0.2, 0.25) is 0 Å². The third-order valence-corrected chi connectivity index (χ3v) is 4.69. The molecule has 1 fully saturated rings. The maximum Gasteiger partial charge on any atom is -0.00814 e. The van der Waals surface area contributed by atoms with Crippen LogP contribution in [0.3, 0.4) is 0 Å². The monoisotopic (exact) mass is 282 g/mol. The van der Waals surface area contributed by atoms with E-state index in [1.807, 2.05) is 27.7 Å². The number of rotatable bonds is 0. The highest BCUT2D eigenvalue weighted by molar-refractivity contribution is 5.79. The molecule has 0 aliphatic heterocycles. The number of fused-ring (bicyclic) bond motifs is 4. The molecule has 0 heterocycles. The second-order valence-electron chi connectivity index (χ2n) is 5.79. The first-order chi connectivity index (χ1) is 10.3. The predicted octanol–water partition coefficient (Wildman–Crippen LogP) is 6.42. The highest BCUT2D eigenvalue weighted by Gasteiger charge is 2.45. The van der Waals surface area contributed by atoms with E-state index >= 15 is 0 Å². The van der Waals surface area contributed by atoms with Crippen LogP contribution in [-0.2, 0) is 6.42 Å². The van der Waals surface area contributed by atoms with Gasteiger partial charge in [0, 0.05) is 0 Å². The molecule has 0 bridgehead atoms. The summed E-state index contributed by atoms with van der Waals surface area (Å²) in [6.07, 6.45) is 7.75. The van der Waals surface area contributed by atoms with E-state index < -0.39 is 0 Å². The van der Waals surface area contributed by atoms with E-state index in [-0.39, 0.29) is 0 Å². The van der Waals surface area contributed by atoms with Crippen LogP contribution in [0.5, 0.6) is 0 Å². The summed E-state index contributed by atoms with van der Waals surface area (Å²) in [7, 11) is 0. The Bertz CT molecular complexity index is 545. The van der Waals surface area contributed by atoms with Gasteiger partial charge in [-0.25, -0.2) is 0 Å². The van der Waals surface area contributed by atoms with E-state index in [2.05, 4.69) is 37.3 Å². The predicted molar refractivity (Wildman–Crippen MR) is 94.4 cm³/mol. The largest absolute Gasteiger partial charge is 0.0693 e. The summed E-state index contributed by atoms with van der Waals surface area (Å²) in [4.78, 5) is 0. The standard InChI is InChI=1S/C17H18.2C2H6/c1-11-9-13-7-4-6-12-5-2-3-8-14(12)17(13)16-10-15(11)16;2*1-2/h2-3,5,8-9,15-16H,4,6-7,10H2,1H3;2*1-2H3. The Kier molecular flexibility index (Phi) is 5.45. The Hall–Kier alpha value is -1.30. The summed E-state index contributed by atoms with van der Waals surface area (Å²) in [6, 6.07) is 9.07. The molecule has 2 unspecified atom stereocenters. The quantitative estimate of drug-likeness (QED) is 0.514. The number of allylic oxidation sites excluding steroid dienone is 4. The van der Waals surface area contributed by atoms with Gasteiger partial charge in [-0.1, -0.05) is 63.6 Å². The van der Waals surface area contributed by atoms with Crippen molar-refractivity contribution in [1.82, 2.24) is 0 Å². The Morgan fingerprint density at radius 2 is 1.62 bits per heavy atom. The number of hydrogen-bond acceptors (Lipinski definition) is 0. The minimum Gasteiger partial charge on any atom is -0.0693 e. The maximum atomic E-state index is 2.49. The first-order valence-corrected chi connectivity index (χ1v) is 8.84. The zero-order valence-electron chi connectivity index (χ0n) is 14.4. The average Bonchev–Trinajstić information content (AvgIpc) is 3.34. The molecule has 2 atom stereocenters. The van der Waals surface area contributed by atoms with Crippen molar-refractivity contribution in [2.45, 2.75) is 60.3 Å². The summed E-state index contributed by atoms with van der Waals surface area (Å²) >= 11 is 0. The highest BCUT2D eigenvalue weighted by Crippen LogP contribution is 2.57. The topological polar surface area (TPSA) is 0 Å². The minimum absolute atomic E-state index is 0.856. The van der Waals surface area contributed by atoms with Crippen molar-refractivity contribution >= 4 is 5.57 Å². The van der Waals surface area contributed by atoms with Gasteiger partial charge in [0.2, 0.25) is 0 Å². The molecule has 0 aromatic heterocycles. The van der Waals surface area contributed by atoms with Crippen molar-refractivity contribution in [1.29, 1.82) is 0 Å². The van der Waals surface area contributed by atoms with Crippen LogP contribution >= 0.6 is 0 Å². The fourth-order valence-electron chi connectivity index (χ4n) is 3.76. The van der Waals surface area contributed by atoms with Crippen LogP contribution in [0.4, 0.5) is 0 Å². The van der Waals surface area contributed by atoms with Gasteiger partial charge in [0.25, 0.3) is 0 Å². The van der Waals surface area contributed by atoms with Crippen molar-refractivity contribution < 1.29 is 0 Å². The van der Waals surface area contributed by atoms with E-state index in [4.69, 9.17) is 0 Å². The lowest BCUT2D eigenvalue weighted by molar-refractivity contribution is 0.822. The third kappa shape index (κ3) is 3.00. The molecule has 114 valence electrons. The molecule has 4 rings (SSSR count). The molecule has 1 aromatic carbocycles. The summed E-state index contributed by atoms with van der Waals surface area (Å²) in [5.41, 5.74) is 8.13. The fraction of sp³-hybridized carbons (Fsp3) is 0.524. The average molecular weight is 282 g/mol. The lowest BCUT2D eigenvalue weighted by Crippen LogP contribution is -2.01. The van der Waals surface area contributed by atoms with Crippen LogP contribution in [0.1, 0.15) is 65.0 Å². The van der Waals surface area contributed by atoms with E-state index in [1.165, 1.54) is 25.7 Å². The van der Waals surface area contributed by atoms with Crippen molar-refractivity contribution in [3.8, 4) is 0 Å². The Labute approximate surface area is 131 Å². The number of benzene rings is 1. The number of hydrogen-bond donors (Lipinski definition) is 0. The number of aryl methyl sites for hydroxylation is 1. The van der Waals surface area contributed by atoms with Gasteiger partial charge in [-0.05, 0) is 66.7 Å². The first kappa shape index (κ1) is 16.1. The fourth-order valence-corrected chi connectivity index (χ4v) is 3.76. The highest BCUT2D eigenvalue weighted by atomic mass is 14.5. The normalized spacial score (nSPS) is 24.7. The van der Waals surface area contributed by atoms with Crippen molar-refractivity contribution in [3.63, 3.8) is 0 Å². The van der Waals surface area contributed by atoms with Gasteiger partial charge in [0.15, 0.2) is 0 Å². The molecular formula is C21H30. The molecular weight excluding hydrogens is 252 g/mol. The lowest BCUT2D eigenvalue weighted by Gasteiger charge is -2.18. The molecule has 0 spiro atoms. The van der Waals surface area contributed by atoms with E-state index in [0.717, 1.165) is 11.8 Å². The molecule has 0 saturated heterocycles. The molecule has 1 saturated carbocycles. The summed E-state index contributed by atoms with van der Waals surface area (Å²) in [5, 5.41) is 0. The molecule has 3 aliphatic rings. The van der Waals surface area contributed by atoms with Crippen LogP contribution in [0, 0.1) is 11.8 Å². The second-order valence-corrected chi connectivity index (χ2v) is 5.79. The van der Waals surface area contributed by atoms with Gasteiger partial charge in [0.1, 0.15) is 0 Å². The summed E-state index contributed by atoms with van der Waals surface area (Å²) < 4.78 is 0. The van der Waals surface area contributed by atoms with E-state index in [1.54, 1.807) is 27.8 Å². The summed E-state index contributed by atoms with van der Waals surface area (Å²) in [6.45, 7) is 10.3. The molecule has 0 amide bonds. The molecule has 3 aliphatic carbocycles. The zero-order chi connectivity index (χ0) is 15.4. The van der Waals surface area contributed by atoms with Crippen molar-refractivity contribution in [2.75, 3.05) is 0 Å². The zero-order valence-corrected chi connectivity index (χ0v) is 14.4. The molecule has 0 nitrogen and oxygen atoms in total. The summed E-state index contributed by atoms with van der Waals surface area (Å²) in [5.74, 6) is 1.73. The molecule has 21 heavy (non-hydrogen) atoms. The Balaban J connectivity index is 0.000000374. The molecule has 0 radical (unpaired) electrons. The van der Waals surface area contributed by atoms with E-state index in [0.29, 0.717) is 0 Å². The van der Waals surface area contributed by atoms with Gasteiger partial charge in [-0.15, -0.1) is 0 Å². The molecule has 0 N–H and O–H groups in total. The third-order valence-electron chi connectivity index (χ3n) is 4.69. The van der Waals surface area contributed by atoms with Gasteiger partial charge in [0.05, 0.1) is 0 Å². The van der Waals surface area contributed by atoms with Gasteiger partial charge in [-0.3, -0.25) is 0 Å². The smallest absolute Gasteiger partial charge is 0.00814 e. The molecule has 1 aromatic rings. The SMILES string of the molecule is CC.CC.CC1=CC2=C(c3ccccc3CCC2)C2CC12. The van der Waals surface area contributed by atoms with Gasteiger partial charge < -0.3 is 0 Å². The van der Waals surface area contributed by atoms with Gasteiger partial charge in [-0.2, -0.15) is 0 Å². The van der Waals surface area contributed by atoms with Crippen LogP contribution < -0.4 is 0 Å². The van der Waals surface area contributed by atoms with Crippen molar-refractivity contribution in [2.24, 2.45) is 11.8 Å². The van der Waals surface area contributed by atoms with Crippen LogP contribution in [0.25, 0.3) is 5.57 Å². The Morgan fingerprint density at radius 1 is 0.905 bits per heavy atom. The molecule has 0 heteroatoms. The van der Waals surface area contributed by atoms with E-state index in [9.17, 15) is 0 Å². The van der Waals surface area contributed by atoms with Crippen molar-refractivity contribution in [3.05, 3.63) is 52.6 Å². The maximum absolute atomic E-state index is 2.49. The van der Waals surface area contributed by atoms with Crippen LogP contribution in [0.15, 0.2) is 41.5 Å². The Morgan fingerprint density at radius 3 is 2.38 bits per heavy atom. The second kappa shape index (κ2) is 7.11. The lowest BCUT2D eigenvalue weighted by atomic mass is 9.87. The van der Waals surface area contributed by atoms with Crippen LogP contribution in [-0.4, -0.2) is 0 Å². The van der Waals surface area contributed by atoms with Gasteiger partial charge >= 0.3 is 0 Å². The minimum atomic E-state index is 0.856. The first-order valence-electron chi connectivity index (χ1n) is 8.84.